The van der Waals surface area contributed by atoms with Crippen molar-refractivity contribution in [1.82, 2.24) is 5.32 Å². The number of ether oxygens (including phenoxy) is 1. The summed E-state index contributed by atoms with van der Waals surface area (Å²) in [5.41, 5.74) is 2.12. The maximum atomic E-state index is 11.9. The number of imide groups is 1. The van der Waals surface area contributed by atoms with E-state index in [1.807, 2.05) is 42.5 Å². The molecular formula is C20H19NO4S. The van der Waals surface area contributed by atoms with Gasteiger partial charge >= 0.3 is 5.97 Å². The molecular weight excluding hydrogens is 350 g/mol. The number of aryl methyl sites for hydroxylation is 1. The van der Waals surface area contributed by atoms with Gasteiger partial charge in [-0.3, -0.25) is 19.7 Å². The Balaban J connectivity index is 1.44. The van der Waals surface area contributed by atoms with Gasteiger partial charge in [0, 0.05) is 6.42 Å². The lowest BCUT2D eigenvalue weighted by molar-refractivity contribution is -0.134. The van der Waals surface area contributed by atoms with Crippen LogP contribution in [0.1, 0.15) is 24.0 Å². The highest BCUT2D eigenvalue weighted by atomic mass is 32.2. The second-order valence-corrected chi connectivity index (χ2v) is 7.22. The van der Waals surface area contributed by atoms with Crippen LogP contribution in [0.2, 0.25) is 0 Å². The average molecular weight is 369 g/mol. The van der Waals surface area contributed by atoms with Crippen molar-refractivity contribution >= 4 is 28.9 Å². The first kappa shape index (κ1) is 18.2. The number of carbonyl (C=O) groups excluding carboxylic acids is 3. The van der Waals surface area contributed by atoms with E-state index >= 15 is 0 Å². The summed E-state index contributed by atoms with van der Waals surface area (Å²) in [4.78, 5) is 34.7. The molecule has 1 saturated heterocycles. The molecule has 0 radical (unpaired) electrons. The molecule has 2 aromatic rings. The molecule has 6 heteroatoms. The molecule has 26 heavy (non-hydrogen) atoms. The van der Waals surface area contributed by atoms with Gasteiger partial charge in [0.15, 0.2) is 0 Å². The number of thioether (sulfide) groups is 1. The number of rotatable bonds is 7. The molecule has 0 saturated carbocycles. The van der Waals surface area contributed by atoms with Gasteiger partial charge in [0.2, 0.25) is 5.91 Å². The molecule has 134 valence electrons. The molecule has 1 aliphatic heterocycles. The number of amides is 2. The summed E-state index contributed by atoms with van der Waals surface area (Å²) in [6.07, 6.45) is 2.41. The van der Waals surface area contributed by atoms with Crippen molar-refractivity contribution in [3.05, 3.63) is 65.7 Å². The second kappa shape index (κ2) is 8.67. The van der Waals surface area contributed by atoms with Crippen LogP contribution in [0.15, 0.2) is 54.6 Å². The third kappa shape index (κ3) is 5.20. The highest BCUT2D eigenvalue weighted by Gasteiger charge is 2.31. The smallest absolute Gasteiger partial charge is 0.311 e. The molecule has 2 amide bonds. The number of carbonyl (C=O) groups is 3. The van der Waals surface area contributed by atoms with E-state index in [2.05, 4.69) is 5.32 Å². The Morgan fingerprint density at radius 1 is 1.00 bits per heavy atom. The van der Waals surface area contributed by atoms with Gasteiger partial charge in [-0.1, -0.05) is 54.2 Å². The van der Waals surface area contributed by atoms with E-state index in [4.69, 9.17) is 4.74 Å². The highest BCUT2D eigenvalue weighted by molar-refractivity contribution is 8.15. The van der Waals surface area contributed by atoms with Gasteiger partial charge < -0.3 is 4.74 Å². The zero-order valence-electron chi connectivity index (χ0n) is 14.1. The van der Waals surface area contributed by atoms with Gasteiger partial charge in [0.1, 0.15) is 5.75 Å². The minimum atomic E-state index is -0.395. The predicted octanol–water partition coefficient (Wildman–Crippen LogP) is 3.51. The molecule has 1 heterocycles. The minimum Gasteiger partial charge on any atom is -0.427 e. The van der Waals surface area contributed by atoms with Crippen molar-refractivity contribution in [3.63, 3.8) is 0 Å². The second-order valence-electron chi connectivity index (χ2n) is 6.04. The van der Waals surface area contributed by atoms with Crippen molar-refractivity contribution in [1.29, 1.82) is 0 Å². The molecule has 1 atom stereocenters. The van der Waals surface area contributed by atoms with E-state index in [-0.39, 0.29) is 17.1 Å². The molecule has 3 rings (SSSR count). The molecule has 1 fully saturated rings. The number of benzene rings is 2. The van der Waals surface area contributed by atoms with Crippen LogP contribution in [-0.2, 0) is 22.4 Å². The summed E-state index contributed by atoms with van der Waals surface area (Å²) in [5, 5.41) is 1.57. The maximum Gasteiger partial charge on any atom is 0.311 e. The van der Waals surface area contributed by atoms with Crippen LogP contribution in [0.3, 0.4) is 0 Å². The number of esters is 1. The first-order valence-electron chi connectivity index (χ1n) is 8.45. The minimum absolute atomic E-state index is 0.256. The highest BCUT2D eigenvalue weighted by Crippen LogP contribution is 2.24. The molecule has 2 aromatic carbocycles. The summed E-state index contributed by atoms with van der Waals surface area (Å²) < 4.78 is 5.34. The maximum absolute atomic E-state index is 11.9. The van der Waals surface area contributed by atoms with Gasteiger partial charge in [0.05, 0.1) is 5.25 Å². The summed E-state index contributed by atoms with van der Waals surface area (Å²) in [6.45, 7) is 0. The topological polar surface area (TPSA) is 72.5 Å². The van der Waals surface area contributed by atoms with Crippen LogP contribution < -0.4 is 10.1 Å². The first-order chi connectivity index (χ1) is 12.6. The van der Waals surface area contributed by atoms with Crippen molar-refractivity contribution in [2.75, 3.05) is 0 Å². The third-order valence-electron chi connectivity index (χ3n) is 4.03. The quantitative estimate of drug-likeness (QED) is 0.597. The van der Waals surface area contributed by atoms with Gasteiger partial charge in [-0.05, 0) is 42.5 Å². The van der Waals surface area contributed by atoms with Crippen LogP contribution in [0, 0.1) is 0 Å². The lowest BCUT2D eigenvalue weighted by Gasteiger charge is -2.08. The van der Waals surface area contributed by atoms with Gasteiger partial charge in [-0.15, -0.1) is 0 Å². The molecule has 1 aliphatic rings. The van der Waals surface area contributed by atoms with Crippen LogP contribution in [0.5, 0.6) is 5.75 Å². The van der Waals surface area contributed by atoms with Crippen LogP contribution in [0.25, 0.3) is 0 Å². The van der Waals surface area contributed by atoms with Gasteiger partial charge in [-0.2, -0.15) is 0 Å². The molecule has 0 spiro atoms. The Labute approximate surface area is 156 Å². The predicted molar refractivity (Wildman–Crippen MR) is 100 cm³/mol. The Morgan fingerprint density at radius 3 is 2.38 bits per heavy atom. The first-order valence-corrected chi connectivity index (χ1v) is 9.33. The zero-order chi connectivity index (χ0) is 18.4. The fourth-order valence-corrected chi connectivity index (χ4v) is 3.56. The van der Waals surface area contributed by atoms with Crippen molar-refractivity contribution in [3.8, 4) is 5.75 Å². The summed E-state index contributed by atoms with van der Waals surface area (Å²) in [6, 6.07) is 17.1. The Morgan fingerprint density at radius 2 is 1.73 bits per heavy atom. The fraction of sp³-hybridized carbons (Fsp3) is 0.250. The van der Waals surface area contributed by atoms with Crippen molar-refractivity contribution in [2.45, 2.75) is 30.9 Å². The number of nitrogens with one attached hydrogen (secondary N) is 1. The van der Waals surface area contributed by atoms with E-state index in [1.54, 1.807) is 12.1 Å². The SMILES string of the molecule is O=C(CCCc1ccccc1)Oc1ccc(CC2SC(=O)NC2=O)cc1. The Bertz CT molecular complexity index is 789. The third-order valence-corrected chi connectivity index (χ3v) is 5.01. The normalized spacial score (nSPS) is 16.4. The lowest BCUT2D eigenvalue weighted by atomic mass is 10.1. The monoisotopic (exact) mass is 369 g/mol. The fourth-order valence-electron chi connectivity index (χ4n) is 2.70. The van der Waals surface area contributed by atoms with Crippen molar-refractivity contribution < 1.29 is 19.1 Å². The van der Waals surface area contributed by atoms with Gasteiger partial charge in [0.25, 0.3) is 5.24 Å². The van der Waals surface area contributed by atoms with E-state index < -0.39 is 5.25 Å². The van der Waals surface area contributed by atoms with E-state index in [0.717, 1.165) is 30.2 Å². The number of hydrogen-bond acceptors (Lipinski definition) is 5. The largest absolute Gasteiger partial charge is 0.427 e. The van der Waals surface area contributed by atoms with E-state index in [1.165, 1.54) is 5.56 Å². The average Bonchev–Trinajstić information content (AvgIpc) is 2.95. The summed E-state index contributed by atoms with van der Waals surface area (Å²) in [7, 11) is 0. The Hall–Kier alpha value is -2.60. The van der Waals surface area contributed by atoms with Gasteiger partial charge in [-0.25, -0.2) is 0 Å². The molecule has 1 N–H and O–H groups in total. The molecule has 0 aromatic heterocycles. The van der Waals surface area contributed by atoms with E-state index in [9.17, 15) is 14.4 Å². The molecule has 1 unspecified atom stereocenters. The number of hydrogen-bond donors (Lipinski definition) is 1. The van der Waals surface area contributed by atoms with Crippen molar-refractivity contribution in [2.24, 2.45) is 0 Å². The van der Waals surface area contributed by atoms with Crippen LogP contribution in [0.4, 0.5) is 4.79 Å². The molecule has 5 nitrogen and oxygen atoms in total. The molecule has 0 aliphatic carbocycles. The Kier molecular flexibility index (Phi) is 6.07. The van der Waals surface area contributed by atoms with E-state index in [0.29, 0.717) is 18.6 Å². The van der Waals surface area contributed by atoms with Crippen LogP contribution >= 0.6 is 11.8 Å². The molecule has 0 bridgehead atoms. The van der Waals surface area contributed by atoms with Crippen LogP contribution in [-0.4, -0.2) is 22.4 Å². The standard InChI is InChI=1S/C20H19NO4S/c22-18(8-4-7-14-5-2-1-3-6-14)25-16-11-9-15(10-12-16)13-17-19(23)21-20(24)26-17/h1-3,5-6,9-12,17H,4,7-8,13H2,(H,21,23,24). The summed E-state index contributed by atoms with van der Waals surface area (Å²) in [5.74, 6) is -0.0306. The zero-order valence-corrected chi connectivity index (χ0v) is 15.0. The summed E-state index contributed by atoms with van der Waals surface area (Å²) >= 11 is 1.01. The lowest BCUT2D eigenvalue weighted by Crippen LogP contribution is -2.25.